The van der Waals surface area contributed by atoms with Crippen LogP contribution in [0.3, 0.4) is 0 Å². The standard InChI is InChI=1S/C14H26N2O4/c1-14(2,3)20-13(18)16-7-5-10(6-8-16)11(15)9-12(17)19-4/h10-11H,5-9,15H2,1-4H3. The van der Waals surface area contributed by atoms with Crippen molar-refractivity contribution in [3.05, 3.63) is 0 Å². The molecular formula is C14H26N2O4. The van der Waals surface area contributed by atoms with E-state index >= 15 is 0 Å². The first-order valence-corrected chi connectivity index (χ1v) is 7.03. The summed E-state index contributed by atoms with van der Waals surface area (Å²) in [4.78, 5) is 24.8. The van der Waals surface area contributed by atoms with Crippen LogP contribution >= 0.6 is 0 Å². The maximum Gasteiger partial charge on any atom is 0.410 e. The second kappa shape index (κ2) is 6.92. The minimum atomic E-state index is -0.477. The first kappa shape index (κ1) is 16.8. The predicted octanol–water partition coefficient (Wildman–Crippen LogP) is 1.52. The van der Waals surface area contributed by atoms with Gasteiger partial charge in [-0.15, -0.1) is 0 Å². The zero-order valence-electron chi connectivity index (χ0n) is 12.8. The quantitative estimate of drug-likeness (QED) is 0.795. The summed E-state index contributed by atoms with van der Waals surface area (Å²) >= 11 is 0. The molecular weight excluding hydrogens is 260 g/mol. The summed E-state index contributed by atoms with van der Waals surface area (Å²) in [5.41, 5.74) is 5.54. The van der Waals surface area contributed by atoms with Crippen molar-refractivity contribution in [2.24, 2.45) is 11.7 Å². The summed E-state index contributed by atoms with van der Waals surface area (Å²) < 4.78 is 9.96. The van der Waals surface area contributed by atoms with Gasteiger partial charge in [0.15, 0.2) is 0 Å². The molecule has 2 N–H and O–H groups in total. The van der Waals surface area contributed by atoms with E-state index in [2.05, 4.69) is 4.74 Å². The van der Waals surface area contributed by atoms with Crippen molar-refractivity contribution < 1.29 is 19.1 Å². The van der Waals surface area contributed by atoms with Gasteiger partial charge in [0.05, 0.1) is 13.5 Å². The summed E-state index contributed by atoms with van der Waals surface area (Å²) in [6.45, 7) is 6.79. The SMILES string of the molecule is COC(=O)CC(N)C1CCN(C(=O)OC(C)(C)C)CC1. The molecule has 0 bridgehead atoms. The van der Waals surface area contributed by atoms with E-state index in [4.69, 9.17) is 10.5 Å². The highest BCUT2D eigenvalue weighted by atomic mass is 16.6. The fourth-order valence-electron chi connectivity index (χ4n) is 2.28. The van der Waals surface area contributed by atoms with Crippen molar-refractivity contribution in [3.8, 4) is 0 Å². The Morgan fingerprint density at radius 2 is 1.85 bits per heavy atom. The molecule has 0 spiro atoms. The lowest BCUT2D eigenvalue weighted by Gasteiger charge is -2.35. The van der Waals surface area contributed by atoms with E-state index in [-0.39, 0.29) is 30.4 Å². The highest BCUT2D eigenvalue weighted by Gasteiger charge is 2.30. The molecule has 1 rings (SSSR count). The lowest BCUT2D eigenvalue weighted by atomic mass is 9.88. The zero-order chi connectivity index (χ0) is 15.3. The Labute approximate surface area is 120 Å². The number of carbonyl (C=O) groups is 2. The van der Waals surface area contributed by atoms with Gasteiger partial charge in [0, 0.05) is 19.1 Å². The average Bonchev–Trinajstić information content (AvgIpc) is 2.36. The van der Waals surface area contributed by atoms with E-state index in [0.29, 0.717) is 13.1 Å². The Balaban J connectivity index is 2.39. The van der Waals surface area contributed by atoms with Crippen LogP contribution in [0.2, 0.25) is 0 Å². The van der Waals surface area contributed by atoms with Crippen molar-refractivity contribution >= 4 is 12.1 Å². The van der Waals surface area contributed by atoms with Crippen LogP contribution in [0, 0.1) is 5.92 Å². The van der Waals surface area contributed by atoms with Gasteiger partial charge in [0.2, 0.25) is 0 Å². The summed E-state index contributed by atoms with van der Waals surface area (Å²) in [6, 6.07) is -0.205. The number of esters is 1. The second-order valence-corrected chi connectivity index (χ2v) is 6.25. The molecule has 1 aliphatic heterocycles. The van der Waals surface area contributed by atoms with Crippen LogP contribution in [0.4, 0.5) is 4.79 Å². The Kier molecular flexibility index (Phi) is 5.80. The van der Waals surface area contributed by atoms with Crippen LogP contribution < -0.4 is 5.73 Å². The maximum absolute atomic E-state index is 11.9. The van der Waals surface area contributed by atoms with Crippen LogP contribution in [0.25, 0.3) is 0 Å². The van der Waals surface area contributed by atoms with Crippen LogP contribution in [0.5, 0.6) is 0 Å². The lowest BCUT2D eigenvalue weighted by molar-refractivity contribution is -0.141. The molecule has 0 aromatic carbocycles. The summed E-state index contributed by atoms with van der Waals surface area (Å²) in [7, 11) is 1.36. The number of amides is 1. The first-order valence-electron chi connectivity index (χ1n) is 7.03. The van der Waals surface area contributed by atoms with Gasteiger partial charge < -0.3 is 20.1 Å². The Morgan fingerprint density at radius 3 is 2.30 bits per heavy atom. The van der Waals surface area contributed by atoms with Gasteiger partial charge in [0.25, 0.3) is 0 Å². The fourth-order valence-corrected chi connectivity index (χ4v) is 2.28. The number of methoxy groups -OCH3 is 1. The molecule has 1 aliphatic rings. The largest absolute Gasteiger partial charge is 0.469 e. The molecule has 1 saturated heterocycles. The Bertz CT molecular complexity index is 344. The van der Waals surface area contributed by atoms with E-state index in [9.17, 15) is 9.59 Å². The normalized spacial score (nSPS) is 18.6. The average molecular weight is 286 g/mol. The van der Waals surface area contributed by atoms with Crippen molar-refractivity contribution in [2.75, 3.05) is 20.2 Å². The maximum atomic E-state index is 11.9. The van der Waals surface area contributed by atoms with Crippen LogP contribution in [0.1, 0.15) is 40.0 Å². The number of ether oxygens (including phenoxy) is 2. The highest BCUT2D eigenvalue weighted by molar-refractivity contribution is 5.70. The van der Waals surface area contributed by atoms with E-state index in [1.165, 1.54) is 7.11 Å². The third kappa shape index (κ3) is 5.36. The molecule has 1 amide bonds. The molecule has 116 valence electrons. The van der Waals surface area contributed by atoms with Crippen molar-refractivity contribution in [1.82, 2.24) is 4.90 Å². The number of likely N-dealkylation sites (tertiary alicyclic amines) is 1. The van der Waals surface area contributed by atoms with Crippen LogP contribution in [-0.4, -0.2) is 48.8 Å². The minimum absolute atomic E-state index is 0.205. The first-order chi connectivity index (χ1) is 9.23. The smallest absolute Gasteiger partial charge is 0.410 e. The number of hydrogen-bond acceptors (Lipinski definition) is 5. The number of piperidine rings is 1. The molecule has 0 aromatic heterocycles. The summed E-state index contributed by atoms with van der Waals surface area (Å²) in [6.07, 6.45) is 1.53. The molecule has 0 aliphatic carbocycles. The van der Waals surface area contributed by atoms with Crippen LogP contribution in [-0.2, 0) is 14.3 Å². The number of carbonyl (C=O) groups excluding carboxylic acids is 2. The van der Waals surface area contributed by atoms with E-state index in [0.717, 1.165) is 12.8 Å². The molecule has 1 unspecified atom stereocenters. The molecule has 6 nitrogen and oxygen atoms in total. The molecule has 1 fully saturated rings. The van der Waals surface area contributed by atoms with Gasteiger partial charge >= 0.3 is 12.1 Å². The summed E-state index contributed by atoms with van der Waals surface area (Å²) in [5, 5.41) is 0. The fraction of sp³-hybridized carbons (Fsp3) is 0.857. The van der Waals surface area contributed by atoms with Crippen molar-refractivity contribution in [3.63, 3.8) is 0 Å². The van der Waals surface area contributed by atoms with Gasteiger partial charge in [-0.3, -0.25) is 4.79 Å². The Morgan fingerprint density at radius 1 is 1.30 bits per heavy atom. The topological polar surface area (TPSA) is 81.9 Å². The molecule has 6 heteroatoms. The zero-order valence-corrected chi connectivity index (χ0v) is 12.8. The molecule has 1 heterocycles. The monoisotopic (exact) mass is 286 g/mol. The second-order valence-electron chi connectivity index (χ2n) is 6.25. The predicted molar refractivity (Wildman–Crippen MR) is 75.1 cm³/mol. The van der Waals surface area contributed by atoms with Gasteiger partial charge in [-0.25, -0.2) is 4.79 Å². The van der Waals surface area contributed by atoms with Crippen molar-refractivity contribution in [2.45, 2.75) is 51.7 Å². The third-order valence-corrected chi connectivity index (χ3v) is 3.43. The van der Waals surface area contributed by atoms with Gasteiger partial charge in [-0.05, 0) is 39.5 Å². The van der Waals surface area contributed by atoms with E-state index in [1.807, 2.05) is 20.8 Å². The van der Waals surface area contributed by atoms with E-state index < -0.39 is 5.60 Å². The minimum Gasteiger partial charge on any atom is -0.469 e. The summed E-state index contributed by atoms with van der Waals surface area (Å²) in [5.74, 6) is -0.0418. The van der Waals surface area contributed by atoms with Gasteiger partial charge in [-0.1, -0.05) is 0 Å². The molecule has 0 saturated carbocycles. The third-order valence-electron chi connectivity index (χ3n) is 3.43. The number of rotatable bonds is 3. The Hall–Kier alpha value is -1.30. The van der Waals surface area contributed by atoms with Gasteiger partial charge in [0.1, 0.15) is 5.60 Å². The number of nitrogens with zero attached hydrogens (tertiary/aromatic N) is 1. The lowest BCUT2D eigenvalue weighted by Crippen LogP contribution is -2.45. The number of nitrogens with two attached hydrogens (primary N) is 1. The number of hydrogen-bond donors (Lipinski definition) is 1. The van der Waals surface area contributed by atoms with Crippen molar-refractivity contribution in [1.29, 1.82) is 0 Å². The molecule has 1 atom stereocenters. The highest BCUT2D eigenvalue weighted by Crippen LogP contribution is 2.23. The van der Waals surface area contributed by atoms with Crippen LogP contribution in [0.15, 0.2) is 0 Å². The molecule has 0 radical (unpaired) electrons. The van der Waals surface area contributed by atoms with Gasteiger partial charge in [-0.2, -0.15) is 0 Å². The molecule has 0 aromatic rings. The molecule has 20 heavy (non-hydrogen) atoms. The van der Waals surface area contributed by atoms with E-state index in [1.54, 1.807) is 4.90 Å².